The van der Waals surface area contributed by atoms with Crippen molar-refractivity contribution in [3.63, 3.8) is 0 Å². The van der Waals surface area contributed by atoms with Crippen LogP contribution < -0.4 is 0 Å². The molecule has 0 bridgehead atoms. The summed E-state index contributed by atoms with van der Waals surface area (Å²) >= 11 is 6.38. The molecule has 24 heavy (non-hydrogen) atoms. The van der Waals surface area contributed by atoms with Gasteiger partial charge in [0.05, 0.1) is 11.4 Å². The summed E-state index contributed by atoms with van der Waals surface area (Å²) in [7, 11) is 0. The molecular weight excluding hydrogens is 316 g/mol. The maximum Gasteiger partial charge on any atom is 0.0727 e. The van der Waals surface area contributed by atoms with Crippen molar-refractivity contribution in [3.8, 4) is 0 Å². The van der Waals surface area contributed by atoms with Crippen LogP contribution in [0.1, 0.15) is 33.6 Å². The standard InChI is InChI=1S/C21H21ClN2/c1-14-9-15(2)11-19(10-14)21(24-17(4)12-16(3)23-24)13-18-7-5-6-8-20(18)22/h5-13H,1-4H3. The third kappa shape index (κ3) is 3.44. The Bertz CT molecular complexity index is 899. The fourth-order valence-corrected chi connectivity index (χ4v) is 3.19. The zero-order valence-corrected chi connectivity index (χ0v) is 15.2. The Hall–Kier alpha value is -2.32. The molecule has 0 amide bonds. The molecule has 0 atom stereocenters. The van der Waals surface area contributed by atoms with Gasteiger partial charge in [-0.3, -0.25) is 0 Å². The average molecular weight is 337 g/mol. The van der Waals surface area contributed by atoms with Crippen LogP contribution in [-0.2, 0) is 0 Å². The maximum atomic E-state index is 6.38. The summed E-state index contributed by atoms with van der Waals surface area (Å²) in [4.78, 5) is 0. The number of aromatic nitrogens is 2. The van der Waals surface area contributed by atoms with Crippen molar-refractivity contribution >= 4 is 23.4 Å². The summed E-state index contributed by atoms with van der Waals surface area (Å²) in [6.45, 7) is 8.32. The molecular formula is C21H21ClN2. The number of hydrogen-bond acceptors (Lipinski definition) is 1. The molecule has 0 aliphatic carbocycles. The maximum absolute atomic E-state index is 6.38. The van der Waals surface area contributed by atoms with Crippen molar-refractivity contribution in [3.05, 3.63) is 87.2 Å². The molecule has 1 aromatic heterocycles. The normalized spacial score (nSPS) is 11.8. The van der Waals surface area contributed by atoms with Crippen LogP contribution in [0.5, 0.6) is 0 Å². The predicted octanol–water partition coefficient (Wildman–Crippen LogP) is 5.82. The van der Waals surface area contributed by atoms with E-state index in [0.29, 0.717) is 0 Å². The minimum Gasteiger partial charge on any atom is -0.237 e. The van der Waals surface area contributed by atoms with E-state index in [-0.39, 0.29) is 0 Å². The second kappa shape index (κ2) is 6.66. The smallest absolute Gasteiger partial charge is 0.0727 e. The topological polar surface area (TPSA) is 17.8 Å². The molecule has 0 unspecified atom stereocenters. The highest BCUT2D eigenvalue weighted by atomic mass is 35.5. The van der Waals surface area contributed by atoms with Gasteiger partial charge in [0.15, 0.2) is 0 Å². The van der Waals surface area contributed by atoms with E-state index in [0.717, 1.165) is 33.2 Å². The van der Waals surface area contributed by atoms with Crippen LogP contribution in [0.3, 0.4) is 0 Å². The van der Waals surface area contributed by atoms with E-state index in [1.807, 2.05) is 35.9 Å². The highest BCUT2D eigenvalue weighted by Gasteiger charge is 2.11. The second-order valence-corrected chi connectivity index (χ2v) is 6.67. The molecule has 0 spiro atoms. The lowest BCUT2D eigenvalue weighted by atomic mass is 10.0. The Balaban J connectivity index is 2.25. The lowest BCUT2D eigenvalue weighted by Crippen LogP contribution is -2.04. The molecule has 3 heteroatoms. The van der Waals surface area contributed by atoms with Gasteiger partial charge < -0.3 is 0 Å². The summed E-state index contributed by atoms with van der Waals surface area (Å²) in [5, 5.41) is 5.41. The van der Waals surface area contributed by atoms with E-state index in [2.05, 4.69) is 56.2 Å². The van der Waals surface area contributed by atoms with Crippen LogP contribution >= 0.6 is 11.6 Å². The van der Waals surface area contributed by atoms with Crippen molar-refractivity contribution in [2.24, 2.45) is 0 Å². The number of hydrogen-bond donors (Lipinski definition) is 0. The number of aryl methyl sites for hydroxylation is 4. The van der Waals surface area contributed by atoms with Gasteiger partial charge >= 0.3 is 0 Å². The monoisotopic (exact) mass is 336 g/mol. The van der Waals surface area contributed by atoms with Gasteiger partial charge in [0, 0.05) is 16.3 Å². The van der Waals surface area contributed by atoms with Crippen LogP contribution in [0.25, 0.3) is 11.8 Å². The largest absolute Gasteiger partial charge is 0.237 e. The van der Waals surface area contributed by atoms with E-state index in [4.69, 9.17) is 11.6 Å². The molecule has 0 aliphatic heterocycles. The van der Waals surface area contributed by atoms with Crippen LogP contribution in [0.15, 0.2) is 48.5 Å². The summed E-state index contributed by atoms with van der Waals surface area (Å²) in [6.07, 6.45) is 2.11. The van der Waals surface area contributed by atoms with Gasteiger partial charge in [-0.2, -0.15) is 5.10 Å². The summed E-state index contributed by atoms with van der Waals surface area (Å²) in [6, 6.07) is 16.5. The van der Waals surface area contributed by atoms with Crippen LogP contribution in [0.4, 0.5) is 0 Å². The number of halogens is 1. The molecule has 3 rings (SSSR count). The third-order valence-corrected chi connectivity index (χ3v) is 4.30. The van der Waals surface area contributed by atoms with E-state index in [1.54, 1.807) is 0 Å². The zero-order chi connectivity index (χ0) is 17.3. The Morgan fingerprint density at radius 3 is 2.21 bits per heavy atom. The first-order valence-electron chi connectivity index (χ1n) is 8.02. The SMILES string of the molecule is Cc1cc(C)cc(C(=Cc2ccccc2Cl)n2nc(C)cc2C)c1. The first-order valence-corrected chi connectivity index (χ1v) is 8.40. The molecule has 0 fully saturated rings. The molecule has 0 saturated carbocycles. The van der Waals surface area contributed by atoms with Gasteiger partial charge in [0.25, 0.3) is 0 Å². The summed E-state index contributed by atoms with van der Waals surface area (Å²) < 4.78 is 1.99. The summed E-state index contributed by atoms with van der Waals surface area (Å²) in [5.41, 5.74) is 7.72. The Kier molecular flexibility index (Phi) is 4.59. The van der Waals surface area contributed by atoms with Crippen molar-refractivity contribution in [2.45, 2.75) is 27.7 Å². The highest BCUT2D eigenvalue weighted by Crippen LogP contribution is 2.27. The fraction of sp³-hybridized carbons (Fsp3) is 0.190. The summed E-state index contributed by atoms with van der Waals surface area (Å²) in [5.74, 6) is 0. The second-order valence-electron chi connectivity index (χ2n) is 6.27. The van der Waals surface area contributed by atoms with Crippen molar-refractivity contribution in [1.82, 2.24) is 9.78 Å². The zero-order valence-electron chi connectivity index (χ0n) is 14.5. The fourth-order valence-electron chi connectivity index (χ4n) is 3.00. The number of nitrogens with zero attached hydrogens (tertiary/aromatic N) is 2. The molecule has 0 saturated heterocycles. The molecule has 0 N–H and O–H groups in total. The van der Waals surface area contributed by atoms with E-state index in [9.17, 15) is 0 Å². The van der Waals surface area contributed by atoms with E-state index < -0.39 is 0 Å². The minimum atomic E-state index is 0.737. The lowest BCUT2D eigenvalue weighted by Gasteiger charge is -2.13. The van der Waals surface area contributed by atoms with Crippen molar-refractivity contribution in [2.75, 3.05) is 0 Å². The molecule has 2 nitrogen and oxygen atoms in total. The average Bonchev–Trinajstić information content (AvgIpc) is 2.84. The van der Waals surface area contributed by atoms with Gasteiger partial charge in [0.2, 0.25) is 0 Å². The first kappa shape index (κ1) is 16.5. The molecule has 0 aliphatic rings. The van der Waals surface area contributed by atoms with Crippen LogP contribution in [0, 0.1) is 27.7 Å². The van der Waals surface area contributed by atoms with Crippen molar-refractivity contribution in [1.29, 1.82) is 0 Å². The van der Waals surface area contributed by atoms with Gasteiger partial charge in [-0.25, -0.2) is 4.68 Å². The lowest BCUT2D eigenvalue weighted by molar-refractivity contribution is 0.857. The van der Waals surface area contributed by atoms with E-state index >= 15 is 0 Å². The molecule has 0 radical (unpaired) electrons. The minimum absolute atomic E-state index is 0.737. The van der Waals surface area contributed by atoms with Gasteiger partial charge in [0.1, 0.15) is 0 Å². The van der Waals surface area contributed by atoms with Crippen LogP contribution in [0.2, 0.25) is 5.02 Å². The predicted molar refractivity (Wildman–Crippen MR) is 102 cm³/mol. The Labute approximate surface area is 148 Å². The Morgan fingerprint density at radius 2 is 1.62 bits per heavy atom. The van der Waals surface area contributed by atoms with E-state index in [1.165, 1.54) is 11.1 Å². The first-order chi connectivity index (χ1) is 11.4. The van der Waals surface area contributed by atoms with Crippen LogP contribution in [-0.4, -0.2) is 9.78 Å². The molecule has 1 heterocycles. The van der Waals surface area contributed by atoms with Gasteiger partial charge in [-0.1, -0.05) is 47.0 Å². The molecule has 3 aromatic rings. The van der Waals surface area contributed by atoms with Gasteiger partial charge in [-0.05, 0) is 63.6 Å². The molecule has 122 valence electrons. The Morgan fingerprint density at radius 1 is 0.958 bits per heavy atom. The third-order valence-electron chi connectivity index (χ3n) is 3.95. The molecule has 2 aromatic carbocycles. The highest BCUT2D eigenvalue weighted by molar-refractivity contribution is 6.32. The van der Waals surface area contributed by atoms with Gasteiger partial charge in [-0.15, -0.1) is 0 Å². The quantitative estimate of drug-likeness (QED) is 0.551. The number of rotatable bonds is 3. The van der Waals surface area contributed by atoms with Crippen molar-refractivity contribution < 1.29 is 0 Å². The number of benzene rings is 2.